The first-order valence-electron chi connectivity index (χ1n) is 4.40. The normalized spacial score (nSPS) is 10.6. The van der Waals surface area contributed by atoms with E-state index < -0.39 is 0 Å². The zero-order valence-electron chi connectivity index (χ0n) is 7.70. The fourth-order valence-corrected chi connectivity index (χ4v) is 1.63. The fraction of sp³-hybridized carbons (Fsp3) is 0.0909. The lowest BCUT2D eigenvalue weighted by molar-refractivity contribution is 0.284. The van der Waals surface area contributed by atoms with Crippen LogP contribution in [0.4, 0.5) is 11.4 Å². The van der Waals surface area contributed by atoms with Gasteiger partial charge in [-0.1, -0.05) is 24.3 Å². The van der Waals surface area contributed by atoms with Crippen LogP contribution < -0.4 is 11.5 Å². The number of nitrogen functional groups attached to an aromatic ring is 2. The van der Waals surface area contributed by atoms with Gasteiger partial charge in [0.25, 0.3) is 0 Å². The van der Waals surface area contributed by atoms with Crippen LogP contribution in [-0.4, -0.2) is 5.11 Å². The molecule has 14 heavy (non-hydrogen) atoms. The second-order valence-corrected chi connectivity index (χ2v) is 3.24. The van der Waals surface area contributed by atoms with Crippen molar-refractivity contribution in [2.45, 2.75) is 6.61 Å². The third kappa shape index (κ3) is 1.18. The Labute approximate surface area is 82.0 Å². The first-order chi connectivity index (χ1) is 6.74. The Morgan fingerprint density at radius 3 is 2.57 bits per heavy atom. The molecule has 2 aromatic rings. The molecule has 0 aromatic heterocycles. The van der Waals surface area contributed by atoms with Crippen LogP contribution in [0.2, 0.25) is 0 Å². The second kappa shape index (κ2) is 3.20. The summed E-state index contributed by atoms with van der Waals surface area (Å²) >= 11 is 0. The van der Waals surface area contributed by atoms with E-state index in [1.807, 2.05) is 30.3 Å². The van der Waals surface area contributed by atoms with E-state index in [0.29, 0.717) is 16.9 Å². The lowest BCUT2D eigenvalue weighted by Crippen LogP contribution is -2.00. The van der Waals surface area contributed by atoms with Gasteiger partial charge in [0.15, 0.2) is 0 Å². The molecule has 0 amide bonds. The molecule has 0 atom stereocenters. The molecular weight excluding hydrogens is 176 g/mol. The zero-order chi connectivity index (χ0) is 10.1. The predicted molar refractivity (Wildman–Crippen MR) is 58.7 cm³/mol. The highest BCUT2D eigenvalue weighted by Crippen LogP contribution is 2.29. The minimum absolute atomic E-state index is 0.0859. The quantitative estimate of drug-likeness (QED) is 0.594. The third-order valence-electron chi connectivity index (χ3n) is 2.39. The van der Waals surface area contributed by atoms with E-state index >= 15 is 0 Å². The number of nitrogens with two attached hydrogens (primary N) is 2. The maximum absolute atomic E-state index is 9.21. The molecule has 0 aliphatic heterocycles. The largest absolute Gasteiger partial charge is 0.397 e. The molecule has 0 saturated heterocycles. The van der Waals surface area contributed by atoms with Gasteiger partial charge in [0.05, 0.1) is 18.0 Å². The monoisotopic (exact) mass is 188 g/mol. The van der Waals surface area contributed by atoms with Gasteiger partial charge in [0.2, 0.25) is 0 Å². The molecule has 5 N–H and O–H groups in total. The molecule has 0 unspecified atom stereocenters. The van der Waals surface area contributed by atoms with Gasteiger partial charge in [-0.3, -0.25) is 0 Å². The van der Waals surface area contributed by atoms with Crippen LogP contribution in [-0.2, 0) is 6.61 Å². The number of fused-ring (bicyclic) bond motifs is 1. The van der Waals surface area contributed by atoms with Crippen molar-refractivity contribution in [3.05, 3.63) is 35.9 Å². The molecule has 0 aliphatic rings. The van der Waals surface area contributed by atoms with Crippen LogP contribution >= 0.6 is 0 Å². The van der Waals surface area contributed by atoms with Gasteiger partial charge in [-0.2, -0.15) is 0 Å². The summed E-state index contributed by atoms with van der Waals surface area (Å²) in [6.45, 7) is -0.0859. The molecule has 3 heteroatoms. The van der Waals surface area contributed by atoms with Gasteiger partial charge in [0, 0.05) is 5.56 Å². The van der Waals surface area contributed by atoms with E-state index in [1.165, 1.54) is 0 Å². The Bertz CT molecular complexity index is 480. The number of aliphatic hydroxyl groups is 1. The number of hydrogen-bond acceptors (Lipinski definition) is 3. The summed E-state index contributed by atoms with van der Waals surface area (Å²) in [5, 5.41) is 11.2. The van der Waals surface area contributed by atoms with Crippen molar-refractivity contribution in [3.8, 4) is 0 Å². The number of rotatable bonds is 1. The predicted octanol–water partition coefficient (Wildman–Crippen LogP) is 1.50. The highest BCUT2D eigenvalue weighted by molar-refractivity contribution is 5.94. The van der Waals surface area contributed by atoms with Gasteiger partial charge in [0.1, 0.15) is 0 Å². The van der Waals surface area contributed by atoms with E-state index in [0.717, 1.165) is 10.8 Å². The summed E-state index contributed by atoms with van der Waals surface area (Å²) in [4.78, 5) is 0. The van der Waals surface area contributed by atoms with Crippen LogP contribution in [0.3, 0.4) is 0 Å². The molecule has 0 heterocycles. The SMILES string of the molecule is Nc1cc2ccccc2c(CO)c1N. The third-order valence-corrected chi connectivity index (χ3v) is 2.39. The van der Waals surface area contributed by atoms with Gasteiger partial charge < -0.3 is 16.6 Å². The lowest BCUT2D eigenvalue weighted by Gasteiger charge is -2.10. The maximum atomic E-state index is 9.21. The Morgan fingerprint density at radius 1 is 1.14 bits per heavy atom. The van der Waals surface area contributed by atoms with E-state index in [9.17, 15) is 5.11 Å². The highest BCUT2D eigenvalue weighted by Gasteiger charge is 2.07. The minimum Gasteiger partial charge on any atom is -0.397 e. The lowest BCUT2D eigenvalue weighted by atomic mass is 10.0. The van der Waals surface area contributed by atoms with Crippen molar-refractivity contribution in [3.63, 3.8) is 0 Å². The molecule has 2 aromatic carbocycles. The summed E-state index contributed by atoms with van der Waals surface area (Å²) in [6, 6.07) is 9.54. The average molecular weight is 188 g/mol. The number of aliphatic hydroxyl groups excluding tert-OH is 1. The van der Waals surface area contributed by atoms with E-state index in [1.54, 1.807) is 0 Å². The summed E-state index contributed by atoms with van der Waals surface area (Å²) in [5.41, 5.74) is 13.2. The molecule has 2 rings (SSSR count). The minimum atomic E-state index is -0.0859. The summed E-state index contributed by atoms with van der Waals surface area (Å²) in [5.74, 6) is 0. The number of benzene rings is 2. The van der Waals surface area contributed by atoms with Gasteiger partial charge >= 0.3 is 0 Å². The first kappa shape index (κ1) is 8.84. The van der Waals surface area contributed by atoms with Gasteiger partial charge in [-0.15, -0.1) is 0 Å². The molecule has 0 aliphatic carbocycles. The Balaban J connectivity index is 2.89. The van der Waals surface area contributed by atoms with Crippen molar-refractivity contribution in [1.82, 2.24) is 0 Å². The Morgan fingerprint density at radius 2 is 1.86 bits per heavy atom. The molecule has 72 valence electrons. The molecule has 0 bridgehead atoms. The number of hydrogen-bond donors (Lipinski definition) is 3. The van der Waals surface area contributed by atoms with Crippen LogP contribution in [0.5, 0.6) is 0 Å². The topological polar surface area (TPSA) is 72.3 Å². The van der Waals surface area contributed by atoms with Crippen molar-refractivity contribution < 1.29 is 5.11 Å². The molecule has 0 saturated carbocycles. The van der Waals surface area contributed by atoms with Gasteiger partial charge in [-0.25, -0.2) is 0 Å². The zero-order valence-corrected chi connectivity index (χ0v) is 7.70. The van der Waals surface area contributed by atoms with Crippen LogP contribution in [0.25, 0.3) is 10.8 Å². The molecule has 0 radical (unpaired) electrons. The fourth-order valence-electron chi connectivity index (χ4n) is 1.63. The molecule has 0 spiro atoms. The molecular formula is C11H12N2O. The number of anilines is 2. The van der Waals surface area contributed by atoms with E-state index in [-0.39, 0.29) is 6.61 Å². The highest BCUT2D eigenvalue weighted by atomic mass is 16.3. The van der Waals surface area contributed by atoms with Gasteiger partial charge in [-0.05, 0) is 16.8 Å². The summed E-state index contributed by atoms with van der Waals surface area (Å²) in [7, 11) is 0. The van der Waals surface area contributed by atoms with Crippen molar-refractivity contribution >= 4 is 22.1 Å². The standard InChI is InChI=1S/C11H12N2O/c12-10-5-7-3-1-2-4-8(7)9(6-14)11(10)13/h1-5,14H,6,12-13H2. The Kier molecular flexibility index (Phi) is 2.02. The van der Waals surface area contributed by atoms with Crippen molar-refractivity contribution in [1.29, 1.82) is 0 Å². The van der Waals surface area contributed by atoms with Crippen LogP contribution in [0, 0.1) is 0 Å². The maximum Gasteiger partial charge on any atom is 0.0708 e. The van der Waals surface area contributed by atoms with Crippen molar-refractivity contribution in [2.24, 2.45) is 0 Å². The van der Waals surface area contributed by atoms with E-state index in [2.05, 4.69) is 0 Å². The van der Waals surface area contributed by atoms with Crippen LogP contribution in [0.15, 0.2) is 30.3 Å². The average Bonchev–Trinajstić information content (AvgIpc) is 2.20. The molecule has 0 fully saturated rings. The Hall–Kier alpha value is -1.74. The molecule has 3 nitrogen and oxygen atoms in total. The van der Waals surface area contributed by atoms with Crippen molar-refractivity contribution in [2.75, 3.05) is 11.5 Å². The smallest absolute Gasteiger partial charge is 0.0708 e. The van der Waals surface area contributed by atoms with E-state index in [4.69, 9.17) is 11.5 Å². The summed E-state index contributed by atoms with van der Waals surface area (Å²) in [6.07, 6.45) is 0. The first-order valence-corrected chi connectivity index (χ1v) is 4.40. The second-order valence-electron chi connectivity index (χ2n) is 3.24. The van der Waals surface area contributed by atoms with Crippen LogP contribution in [0.1, 0.15) is 5.56 Å². The summed E-state index contributed by atoms with van der Waals surface area (Å²) < 4.78 is 0.